The second kappa shape index (κ2) is 11.1. The van der Waals surface area contributed by atoms with Gasteiger partial charge in [-0.1, -0.05) is 35.0 Å². The van der Waals surface area contributed by atoms with E-state index < -0.39 is 11.7 Å². The Kier molecular flexibility index (Phi) is 7.91. The van der Waals surface area contributed by atoms with Crippen LogP contribution in [0.4, 0.5) is 10.1 Å². The molecule has 0 fully saturated rings. The quantitative estimate of drug-likeness (QED) is 0.216. The number of amides is 1. The Hall–Kier alpha value is -3.12. The summed E-state index contributed by atoms with van der Waals surface area (Å²) in [5.41, 5.74) is 1.21. The van der Waals surface area contributed by atoms with Crippen molar-refractivity contribution in [3.05, 3.63) is 96.3 Å². The van der Waals surface area contributed by atoms with Crippen molar-refractivity contribution in [1.82, 2.24) is 9.66 Å². The summed E-state index contributed by atoms with van der Waals surface area (Å²) in [6.07, 6.45) is 2.11. The van der Waals surface area contributed by atoms with E-state index in [2.05, 4.69) is 53.9 Å². The number of hydrogen-bond acceptors (Lipinski definition) is 5. The summed E-state index contributed by atoms with van der Waals surface area (Å²) in [5, 5.41) is 7.34. The second-order valence-corrected chi connectivity index (χ2v) is 9.49. The smallest absolute Gasteiger partial charge is 0.282 e. The van der Waals surface area contributed by atoms with Crippen LogP contribution in [-0.2, 0) is 11.2 Å². The fourth-order valence-corrected chi connectivity index (χ4v) is 4.33. The normalized spacial score (nSPS) is 11.2. The molecular formula is C25H19BrFIN4O3. The minimum atomic E-state index is -0.515. The zero-order valence-corrected chi connectivity index (χ0v) is 22.2. The van der Waals surface area contributed by atoms with Crippen molar-refractivity contribution in [2.45, 2.75) is 13.3 Å². The minimum Gasteiger partial charge on any atom is -0.483 e. The van der Waals surface area contributed by atoms with Crippen LogP contribution < -0.4 is 15.6 Å². The summed E-state index contributed by atoms with van der Waals surface area (Å²) in [6, 6.07) is 16.6. The predicted molar refractivity (Wildman–Crippen MR) is 146 cm³/mol. The molecule has 1 heterocycles. The Morgan fingerprint density at radius 3 is 2.77 bits per heavy atom. The van der Waals surface area contributed by atoms with Gasteiger partial charge in [0.1, 0.15) is 17.4 Å². The summed E-state index contributed by atoms with van der Waals surface area (Å²) < 4.78 is 22.1. The molecule has 4 aromatic rings. The van der Waals surface area contributed by atoms with E-state index in [1.54, 1.807) is 42.6 Å². The highest BCUT2D eigenvalue weighted by Gasteiger charge is 2.11. The Balaban J connectivity index is 1.49. The number of nitrogens with one attached hydrogen (secondary N) is 1. The molecule has 178 valence electrons. The molecule has 0 unspecified atom stereocenters. The van der Waals surface area contributed by atoms with E-state index in [0.29, 0.717) is 28.9 Å². The molecule has 4 rings (SSSR count). The molecule has 0 aliphatic heterocycles. The van der Waals surface area contributed by atoms with Crippen LogP contribution >= 0.6 is 38.5 Å². The molecule has 1 amide bonds. The number of ether oxygens (including phenoxy) is 1. The number of fused-ring (bicyclic) bond motifs is 1. The van der Waals surface area contributed by atoms with E-state index in [1.165, 1.54) is 16.8 Å². The van der Waals surface area contributed by atoms with Gasteiger partial charge < -0.3 is 10.1 Å². The molecule has 0 aliphatic rings. The number of para-hydroxylation sites is 1. The van der Waals surface area contributed by atoms with Crippen LogP contribution in [0, 0.1) is 9.39 Å². The van der Waals surface area contributed by atoms with Crippen LogP contribution in [0.5, 0.6) is 5.75 Å². The molecule has 1 N–H and O–H groups in total. The summed E-state index contributed by atoms with van der Waals surface area (Å²) in [4.78, 5) is 29.7. The maximum atomic E-state index is 13.7. The Morgan fingerprint density at radius 1 is 1.23 bits per heavy atom. The highest BCUT2D eigenvalue weighted by molar-refractivity contribution is 14.1. The number of rotatable bonds is 7. The number of carbonyl (C=O) groups excluding carboxylic acids is 1. The third-order valence-corrected chi connectivity index (χ3v) is 6.31. The van der Waals surface area contributed by atoms with Gasteiger partial charge in [-0.05, 0) is 76.7 Å². The molecule has 7 nitrogen and oxygen atoms in total. The van der Waals surface area contributed by atoms with Crippen molar-refractivity contribution in [1.29, 1.82) is 0 Å². The predicted octanol–water partition coefficient (Wildman–Crippen LogP) is 5.36. The topological polar surface area (TPSA) is 85.6 Å². The molecule has 0 atom stereocenters. The molecule has 0 radical (unpaired) electrons. The highest BCUT2D eigenvalue weighted by Crippen LogP contribution is 2.22. The molecule has 0 saturated carbocycles. The van der Waals surface area contributed by atoms with E-state index in [4.69, 9.17) is 4.74 Å². The van der Waals surface area contributed by atoms with Gasteiger partial charge >= 0.3 is 0 Å². The lowest BCUT2D eigenvalue weighted by atomic mass is 10.2. The molecule has 0 spiro atoms. The second-order valence-electron chi connectivity index (χ2n) is 7.41. The molecule has 0 saturated heterocycles. The molecule has 10 heteroatoms. The maximum Gasteiger partial charge on any atom is 0.282 e. The number of benzene rings is 3. The van der Waals surface area contributed by atoms with Gasteiger partial charge in [-0.3, -0.25) is 9.59 Å². The summed E-state index contributed by atoms with van der Waals surface area (Å²) in [7, 11) is 0. The third kappa shape index (κ3) is 5.93. The van der Waals surface area contributed by atoms with Gasteiger partial charge in [-0.2, -0.15) is 9.78 Å². The number of carbonyl (C=O) groups is 1. The Bertz CT molecular complexity index is 1510. The average molecular weight is 649 g/mol. The molecule has 3 aromatic carbocycles. The van der Waals surface area contributed by atoms with Crippen molar-refractivity contribution in [3.8, 4) is 5.75 Å². The summed E-state index contributed by atoms with van der Waals surface area (Å²) in [5.74, 6) is 0.0590. The summed E-state index contributed by atoms with van der Waals surface area (Å²) >= 11 is 5.48. The maximum absolute atomic E-state index is 13.7. The highest BCUT2D eigenvalue weighted by atomic mass is 127. The van der Waals surface area contributed by atoms with Crippen LogP contribution in [0.15, 0.2) is 75.0 Å². The minimum absolute atomic E-state index is 0.0968. The first-order valence-corrected chi connectivity index (χ1v) is 12.4. The van der Waals surface area contributed by atoms with Gasteiger partial charge in [-0.15, -0.1) is 0 Å². The van der Waals surface area contributed by atoms with Gasteiger partial charge in [0.25, 0.3) is 11.5 Å². The first-order valence-electron chi connectivity index (χ1n) is 10.6. The van der Waals surface area contributed by atoms with E-state index in [9.17, 15) is 14.0 Å². The van der Waals surface area contributed by atoms with Crippen LogP contribution in [0.1, 0.15) is 18.3 Å². The fraction of sp³-hybridized carbons (Fsp3) is 0.120. The number of aromatic nitrogens is 2. The monoisotopic (exact) mass is 648 g/mol. The van der Waals surface area contributed by atoms with Crippen molar-refractivity contribution in [2.75, 3.05) is 11.9 Å². The third-order valence-electron chi connectivity index (χ3n) is 4.98. The molecule has 1 aromatic heterocycles. The summed E-state index contributed by atoms with van der Waals surface area (Å²) in [6.45, 7) is 1.64. The number of nitrogens with zero attached hydrogens (tertiary/aromatic N) is 3. The molecule has 0 bridgehead atoms. The number of aryl methyl sites for hydroxylation is 1. The fourth-order valence-electron chi connectivity index (χ4n) is 3.27. The molecular weight excluding hydrogens is 630 g/mol. The van der Waals surface area contributed by atoms with Gasteiger partial charge in [0.15, 0.2) is 6.61 Å². The molecule has 35 heavy (non-hydrogen) atoms. The van der Waals surface area contributed by atoms with Gasteiger partial charge in [0, 0.05) is 10.9 Å². The first-order chi connectivity index (χ1) is 16.9. The van der Waals surface area contributed by atoms with Gasteiger partial charge in [0.05, 0.1) is 26.4 Å². The lowest BCUT2D eigenvalue weighted by molar-refractivity contribution is -0.118. The number of anilines is 1. The van der Waals surface area contributed by atoms with Crippen LogP contribution in [0.2, 0.25) is 0 Å². The van der Waals surface area contributed by atoms with Crippen molar-refractivity contribution < 1.29 is 13.9 Å². The lowest BCUT2D eigenvalue weighted by Gasteiger charge is -2.10. The Morgan fingerprint density at radius 2 is 2.03 bits per heavy atom. The van der Waals surface area contributed by atoms with Gasteiger partial charge in [0.2, 0.25) is 0 Å². The van der Waals surface area contributed by atoms with E-state index in [0.717, 1.165) is 13.6 Å². The van der Waals surface area contributed by atoms with Gasteiger partial charge in [-0.25, -0.2) is 9.37 Å². The number of halogens is 3. The zero-order chi connectivity index (χ0) is 24.9. The average Bonchev–Trinajstić information content (AvgIpc) is 2.84. The first kappa shape index (κ1) is 25.0. The molecule has 0 aliphatic carbocycles. The van der Waals surface area contributed by atoms with E-state index in [-0.39, 0.29) is 17.9 Å². The van der Waals surface area contributed by atoms with Crippen molar-refractivity contribution >= 4 is 67.2 Å². The van der Waals surface area contributed by atoms with Crippen LogP contribution in [0.25, 0.3) is 10.9 Å². The van der Waals surface area contributed by atoms with Crippen molar-refractivity contribution in [3.63, 3.8) is 0 Å². The van der Waals surface area contributed by atoms with E-state index in [1.807, 2.05) is 19.1 Å². The van der Waals surface area contributed by atoms with Crippen LogP contribution in [-0.4, -0.2) is 28.4 Å². The van der Waals surface area contributed by atoms with E-state index >= 15 is 0 Å². The van der Waals surface area contributed by atoms with Crippen molar-refractivity contribution in [2.24, 2.45) is 5.10 Å². The van der Waals surface area contributed by atoms with Crippen LogP contribution in [0.3, 0.4) is 0 Å². The lowest BCUT2D eigenvalue weighted by Crippen LogP contribution is -2.22. The largest absolute Gasteiger partial charge is 0.483 e. The Labute approximate surface area is 222 Å². The SMILES string of the molecule is CCc1nc2ccc(Br)cc2c(=O)n1N=Cc1ccc(OCC(=O)Nc2ccccc2F)c(I)c1. The standard InChI is InChI=1S/C25H19BrFIN4O3/c1-2-23-30-20-9-8-16(26)12-17(20)25(34)32(23)29-13-15-7-10-22(19(28)11-15)35-14-24(33)31-21-6-4-3-5-18(21)27/h3-13H,2,14H2,1H3,(H,31,33). The zero-order valence-electron chi connectivity index (χ0n) is 18.5. The number of hydrogen-bond donors (Lipinski definition) is 1.